The van der Waals surface area contributed by atoms with Gasteiger partial charge in [-0.25, -0.2) is 0 Å². The van der Waals surface area contributed by atoms with Crippen LogP contribution in [0.15, 0.2) is 18.3 Å². The Morgan fingerprint density at radius 3 is 2.12 bits per heavy atom. The number of benzene rings is 1. The van der Waals surface area contributed by atoms with Crippen molar-refractivity contribution < 1.29 is 37.4 Å². The molecule has 8 nitrogen and oxygen atoms in total. The van der Waals surface area contributed by atoms with Gasteiger partial charge in [0.15, 0.2) is 11.5 Å². The second-order valence-corrected chi connectivity index (χ2v) is 13.5. The zero-order chi connectivity index (χ0) is 31.3. The molecule has 1 aromatic heterocycles. The zero-order valence-electron chi connectivity index (χ0n) is 23.4. The van der Waals surface area contributed by atoms with E-state index in [1.165, 1.54) is 17.0 Å². The molecule has 14 heteroatoms. The fourth-order valence-electron chi connectivity index (χ4n) is 6.55. The van der Waals surface area contributed by atoms with Crippen LogP contribution in [0.1, 0.15) is 90.7 Å². The number of rotatable bonds is 7. The van der Waals surface area contributed by atoms with Gasteiger partial charge in [0.25, 0.3) is 5.91 Å². The first-order chi connectivity index (χ1) is 20.1. The molecule has 0 bridgehead atoms. The molecule has 1 saturated heterocycles. The number of amides is 1. The van der Waals surface area contributed by atoms with Crippen LogP contribution in [0, 0.1) is 10.8 Å². The normalized spacial score (nSPS) is 24.0. The number of halogens is 6. The Balaban J connectivity index is 1.48. The van der Waals surface area contributed by atoms with Gasteiger partial charge in [-0.2, -0.15) is 18.3 Å². The van der Waals surface area contributed by atoms with Crippen LogP contribution >= 0.6 is 34.8 Å². The quantitative estimate of drug-likeness (QED) is 0.311. The van der Waals surface area contributed by atoms with Crippen molar-refractivity contribution in [1.82, 2.24) is 14.7 Å². The summed E-state index contributed by atoms with van der Waals surface area (Å²) in [4.78, 5) is 40.4. The third-order valence-electron chi connectivity index (χ3n) is 9.35. The molecular formula is C29H31Cl3F3N3O5. The van der Waals surface area contributed by atoms with E-state index in [-0.39, 0.29) is 51.7 Å². The van der Waals surface area contributed by atoms with Crippen LogP contribution in [-0.4, -0.2) is 63.2 Å². The van der Waals surface area contributed by atoms with Crippen molar-refractivity contribution in [3.8, 4) is 0 Å². The number of aliphatic carboxylic acids is 1. The Bertz CT molecular complexity index is 1400. The summed E-state index contributed by atoms with van der Waals surface area (Å²) in [7, 11) is 0. The highest BCUT2D eigenvalue weighted by Crippen LogP contribution is 2.46. The van der Waals surface area contributed by atoms with Crippen LogP contribution in [0.2, 0.25) is 15.1 Å². The molecule has 1 amide bonds. The number of nitrogens with zero attached hydrogens (tertiary/aromatic N) is 3. The van der Waals surface area contributed by atoms with Crippen LogP contribution in [0.5, 0.6) is 0 Å². The van der Waals surface area contributed by atoms with Gasteiger partial charge in [-0.05, 0) is 70.4 Å². The molecule has 3 fully saturated rings. The van der Waals surface area contributed by atoms with Crippen molar-refractivity contribution in [3.63, 3.8) is 0 Å². The average molecular weight is 665 g/mol. The van der Waals surface area contributed by atoms with E-state index in [2.05, 4.69) is 5.10 Å². The lowest BCUT2D eigenvalue weighted by Gasteiger charge is -2.48. The van der Waals surface area contributed by atoms with Crippen molar-refractivity contribution in [2.75, 3.05) is 19.8 Å². The lowest BCUT2D eigenvalue weighted by atomic mass is 9.71. The number of ketones is 1. The van der Waals surface area contributed by atoms with Crippen molar-refractivity contribution in [2.24, 2.45) is 10.8 Å². The number of carbonyl (C=O) groups excluding carboxylic acids is 2. The molecule has 3 aliphatic rings. The molecule has 1 N–H and O–H groups in total. The standard InChI is InChI=1S/C29H31Cl3F3N3O5/c1-27(26(41)42)6-2-18(3-7-27)38-24(29(33,34)35)19(12-36-38)25(40)37(17-4-8-28(9-5-17)14-43-15-28)13-22(39)23-20(31)10-16(30)11-21(23)32/h10-12,17-18H,2-9,13-15H2,1H3,(H,41,42). The highest BCUT2D eigenvalue weighted by atomic mass is 35.5. The Labute approximate surface area is 261 Å². The molecule has 0 atom stereocenters. The minimum Gasteiger partial charge on any atom is -0.481 e. The van der Waals surface area contributed by atoms with E-state index in [9.17, 15) is 32.7 Å². The Hall–Kier alpha value is -2.34. The lowest BCUT2D eigenvalue weighted by Crippen LogP contribution is -2.51. The molecule has 43 heavy (non-hydrogen) atoms. The molecule has 1 aliphatic heterocycles. The highest BCUT2D eigenvalue weighted by molar-refractivity contribution is 6.42. The summed E-state index contributed by atoms with van der Waals surface area (Å²) < 4.78 is 50.0. The summed E-state index contributed by atoms with van der Waals surface area (Å²) >= 11 is 18.5. The molecule has 0 unspecified atom stereocenters. The zero-order valence-corrected chi connectivity index (χ0v) is 25.6. The summed E-state index contributed by atoms with van der Waals surface area (Å²) in [5.74, 6) is -2.60. The summed E-state index contributed by atoms with van der Waals surface area (Å²) in [6, 6.07) is 1.42. The van der Waals surface area contributed by atoms with Gasteiger partial charge in [0.1, 0.15) is 0 Å². The van der Waals surface area contributed by atoms with E-state index in [1.807, 2.05) is 0 Å². The Morgan fingerprint density at radius 2 is 1.63 bits per heavy atom. The molecule has 2 aromatic rings. The van der Waals surface area contributed by atoms with Gasteiger partial charge in [0, 0.05) is 16.5 Å². The summed E-state index contributed by atoms with van der Waals surface area (Å²) in [5.41, 5.74) is -2.98. The van der Waals surface area contributed by atoms with Crippen LogP contribution in [-0.2, 0) is 15.7 Å². The maximum Gasteiger partial charge on any atom is 0.433 e. The van der Waals surface area contributed by atoms with E-state index in [0.29, 0.717) is 38.9 Å². The number of ether oxygens (including phenoxy) is 1. The van der Waals surface area contributed by atoms with Gasteiger partial charge in [0.2, 0.25) is 0 Å². The van der Waals surface area contributed by atoms with Crippen molar-refractivity contribution in [2.45, 2.75) is 76.6 Å². The first kappa shape index (κ1) is 32.1. The predicted molar refractivity (Wildman–Crippen MR) is 153 cm³/mol. The first-order valence-electron chi connectivity index (χ1n) is 14.1. The van der Waals surface area contributed by atoms with E-state index < -0.39 is 59.1 Å². The lowest BCUT2D eigenvalue weighted by molar-refractivity contribution is -0.152. The van der Waals surface area contributed by atoms with Crippen LogP contribution in [0.25, 0.3) is 0 Å². The number of aromatic nitrogens is 2. The van der Waals surface area contributed by atoms with Crippen molar-refractivity contribution >= 4 is 52.5 Å². The average Bonchev–Trinajstić information content (AvgIpc) is 3.36. The van der Waals surface area contributed by atoms with Gasteiger partial charge < -0.3 is 14.7 Å². The van der Waals surface area contributed by atoms with Gasteiger partial charge in [-0.3, -0.25) is 19.1 Å². The summed E-state index contributed by atoms with van der Waals surface area (Å²) in [5, 5.41) is 13.7. The second kappa shape index (κ2) is 11.9. The maximum absolute atomic E-state index is 14.6. The number of carboxylic acids is 1. The number of alkyl halides is 3. The van der Waals surface area contributed by atoms with Crippen molar-refractivity contribution in [3.05, 3.63) is 50.2 Å². The number of carboxylic acid groups (broad SMARTS) is 1. The third-order valence-corrected chi connectivity index (χ3v) is 10.2. The predicted octanol–water partition coefficient (Wildman–Crippen LogP) is 7.35. The molecular weight excluding hydrogens is 634 g/mol. The van der Waals surface area contributed by atoms with Crippen LogP contribution < -0.4 is 0 Å². The van der Waals surface area contributed by atoms with Gasteiger partial charge in [0.05, 0.1) is 58.6 Å². The molecule has 234 valence electrons. The van der Waals surface area contributed by atoms with Crippen LogP contribution in [0.4, 0.5) is 13.2 Å². The summed E-state index contributed by atoms with van der Waals surface area (Å²) in [6.45, 7) is 2.22. The number of hydrogen-bond donors (Lipinski definition) is 1. The van der Waals surface area contributed by atoms with Gasteiger partial charge in [-0.1, -0.05) is 34.8 Å². The fraction of sp³-hybridized carbons (Fsp3) is 0.586. The van der Waals surface area contributed by atoms with Gasteiger partial charge >= 0.3 is 12.1 Å². The highest BCUT2D eigenvalue weighted by Gasteiger charge is 2.47. The third kappa shape index (κ3) is 6.28. The monoisotopic (exact) mass is 663 g/mol. The van der Waals surface area contributed by atoms with E-state index in [0.717, 1.165) is 10.9 Å². The van der Waals surface area contributed by atoms with E-state index >= 15 is 0 Å². The number of Topliss-reactive ketones (excluding diaryl/α,β-unsaturated/α-hetero) is 1. The molecule has 2 saturated carbocycles. The number of hydrogen-bond acceptors (Lipinski definition) is 5. The molecule has 1 spiro atoms. The van der Waals surface area contributed by atoms with E-state index in [1.54, 1.807) is 6.92 Å². The van der Waals surface area contributed by atoms with Crippen LogP contribution in [0.3, 0.4) is 0 Å². The van der Waals surface area contributed by atoms with Gasteiger partial charge in [-0.15, -0.1) is 0 Å². The summed E-state index contributed by atoms with van der Waals surface area (Å²) in [6.07, 6.45) is -1.01. The largest absolute Gasteiger partial charge is 0.481 e. The fourth-order valence-corrected chi connectivity index (χ4v) is 7.57. The molecule has 2 aliphatic carbocycles. The maximum atomic E-state index is 14.6. The van der Waals surface area contributed by atoms with Crippen molar-refractivity contribution in [1.29, 1.82) is 0 Å². The Kier molecular flexibility index (Phi) is 8.85. The smallest absolute Gasteiger partial charge is 0.433 e. The molecule has 1 aromatic carbocycles. The molecule has 0 radical (unpaired) electrons. The first-order valence-corrected chi connectivity index (χ1v) is 15.2. The molecule has 5 rings (SSSR count). The minimum absolute atomic E-state index is 0.00846. The topological polar surface area (TPSA) is 102 Å². The number of carbonyl (C=O) groups is 3. The minimum atomic E-state index is -4.94. The van der Waals surface area contributed by atoms with E-state index in [4.69, 9.17) is 39.5 Å². The Morgan fingerprint density at radius 1 is 1.05 bits per heavy atom. The molecule has 2 heterocycles. The SMILES string of the molecule is CC1(C(=O)O)CCC(n2ncc(C(=O)N(CC(=O)c3c(Cl)cc(Cl)cc3Cl)C3CCC4(CC3)COC4)c2C(F)(F)F)CC1. The second-order valence-electron chi connectivity index (χ2n) is 12.3.